The Kier molecular flexibility index (Phi) is 7.89. The molecule has 0 unspecified atom stereocenters. The van der Waals surface area contributed by atoms with Gasteiger partial charge in [-0.2, -0.15) is 0 Å². The average molecular weight is 200 g/mol. The number of carbonyl (C=O) groups excluding carboxylic acids is 2. The molecule has 0 saturated heterocycles. The van der Waals surface area contributed by atoms with Gasteiger partial charge in [0.25, 0.3) is 0 Å². The first-order valence-electron chi connectivity index (χ1n) is 5.24. The predicted octanol–water partition coefficient (Wildman–Crippen LogP) is 0.819. The van der Waals surface area contributed by atoms with E-state index in [1.807, 2.05) is 6.92 Å². The summed E-state index contributed by atoms with van der Waals surface area (Å²) in [5, 5.41) is 5.29. The van der Waals surface area contributed by atoms with Crippen molar-refractivity contribution in [1.82, 2.24) is 10.6 Å². The molecule has 2 amide bonds. The van der Waals surface area contributed by atoms with Gasteiger partial charge in [-0.25, -0.2) is 0 Å². The van der Waals surface area contributed by atoms with Crippen LogP contribution in [0.2, 0.25) is 0 Å². The third-order valence-electron chi connectivity index (χ3n) is 1.78. The largest absolute Gasteiger partial charge is 0.355 e. The normalized spacial score (nSPS) is 9.57. The molecule has 4 nitrogen and oxygen atoms in total. The number of unbranched alkanes of at least 4 members (excludes halogenated alkanes) is 1. The van der Waals surface area contributed by atoms with E-state index in [4.69, 9.17) is 0 Å². The fraction of sp³-hybridized carbons (Fsp3) is 0.800. The van der Waals surface area contributed by atoms with Crippen molar-refractivity contribution in [2.45, 2.75) is 39.5 Å². The highest BCUT2D eigenvalue weighted by Crippen LogP contribution is 1.85. The molecule has 0 aromatic rings. The summed E-state index contributed by atoms with van der Waals surface area (Å²) >= 11 is 0. The number of hydrogen-bond donors (Lipinski definition) is 2. The van der Waals surface area contributed by atoms with Gasteiger partial charge in [0.05, 0.1) is 6.54 Å². The first-order valence-corrected chi connectivity index (χ1v) is 5.24. The van der Waals surface area contributed by atoms with Crippen molar-refractivity contribution in [1.29, 1.82) is 0 Å². The van der Waals surface area contributed by atoms with Crippen LogP contribution in [0.4, 0.5) is 0 Å². The SMILES string of the molecule is CCCCNC(=O)CNC(=O)CCC. The first-order chi connectivity index (χ1) is 6.70. The molecule has 2 N–H and O–H groups in total. The molecule has 0 bridgehead atoms. The molecule has 4 heteroatoms. The summed E-state index contributed by atoms with van der Waals surface area (Å²) in [5.41, 5.74) is 0. The Balaban J connectivity index is 3.39. The number of nitrogens with one attached hydrogen (secondary N) is 2. The fourth-order valence-electron chi connectivity index (χ4n) is 0.961. The topological polar surface area (TPSA) is 58.2 Å². The Labute approximate surface area is 85.4 Å². The third kappa shape index (κ3) is 7.58. The maximum Gasteiger partial charge on any atom is 0.239 e. The Hall–Kier alpha value is -1.06. The van der Waals surface area contributed by atoms with E-state index in [0.29, 0.717) is 13.0 Å². The van der Waals surface area contributed by atoms with Crippen LogP contribution < -0.4 is 10.6 Å². The summed E-state index contributed by atoms with van der Waals surface area (Å²) in [7, 11) is 0. The molecule has 82 valence electrons. The molecule has 0 aliphatic heterocycles. The van der Waals surface area contributed by atoms with Gasteiger partial charge in [0.2, 0.25) is 11.8 Å². The number of hydrogen-bond acceptors (Lipinski definition) is 2. The summed E-state index contributed by atoms with van der Waals surface area (Å²) in [4.78, 5) is 22.1. The van der Waals surface area contributed by atoms with E-state index >= 15 is 0 Å². The lowest BCUT2D eigenvalue weighted by Crippen LogP contribution is -2.37. The number of carbonyl (C=O) groups is 2. The standard InChI is InChI=1S/C10H20N2O2/c1-3-5-7-11-10(14)8-12-9(13)6-4-2/h3-8H2,1-2H3,(H,11,14)(H,12,13). The van der Waals surface area contributed by atoms with Crippen molar-refractivity contribution in [2.75, 3.05) is 13.1 Å². The summed E-state index contributed by atoms with van der Waals surface area (Å²) < 4.78 is 0. The second-order valence-corrected chi connectivity index (χ2v) is 3.23. The molecular weight excluding hydrogens is 180 g/mol. The average Bonchev–Trinajstić information content (AvgIpc) is 2.16. The van der Waals surface area contributed by atoms with E-state index in [0.717, 1.165) is 19.3 Å². The lowest BCUT2D eigenvalue weighted by molar-refractivity contribution is -0.126. The molecule has 0 aromatic carbocycles. The maximum atomic E-state index is 11.1. The molecule has 0 aliphatic carbocycles. The molecule has 0 aromatic heterocycles. The van der Waals surface area contributed by atoms with Gasteiger partial charge in [-0.1, -0.05) is 20.3 Å². The minimum absolute atomic E-state index is 0.0573. The van der Waals surface area contributed by atoms with Crippen LogP contribution in [0, 0.1) is 0 Å². The highest BCUT2D eigenvalue weighted by Gasteiger charge is 2.02. The maximum absolute atomic E-state index is 11.1. The molecule has 14 heavy (non-hydrogen) atoms. The fourth-order valence-corrected chi connectivity index (χ4v) is 0.961. The molecule has 0 radical (unpaired) electrons. The van der Waals surface area contributed by atoms with E-state index in [9.17, 15) is 9.59 Å². The zero-order valence-corrected chi connectivity index (χ0v) is 9.06. The Morgan fingerprint density at radius 2 is 1.71 bits per heavy atom. The van der Waals surface area contributed by atoms with Crippen LogP contribution in [0.25, 0.3) is 0 Å². The molecule has 0 aliphatic rings. The van der Waals surface area contributed by atoms with Crippen LogP contribution in [0.1, 0.15) is 39.5 Å². The first kappa shape index (κ1) is 12.9. The van der Waals surface area contributed by atoms with Crippen molar-refractivity contribution in [3.63, 3.8) is 0 Å². The van der Waals surface area contributed by atoms with E-state index in [2.05, 4.69) is 17.6 Å². The highest BCUT2D eigenvalue weighted by atomic mass is 16.2. The lowest BCUT2D eigenvalue weighted by Gasteiger charge is -2.05. The van der Waals surface area contributed by atoms with Gasteiger partial charge in [0, 0.05) is 13.0 Å². The van der Waals surface area contributed by atoms with Crippen molar-refractivity contribution in [3.05, 3.63) is 0 Å². The molecule has 0 saturated carbocycles. The molecule has 0 rings (SSSR count). The second kappa shape index (κ2) is 8.53. The van der Waals surface area contributed by atoms with Crippen LogP contribution in [0.5, 0.6) is 0 Å². The van der Waals surface area contributed by atoms with E-state index in [-0.39, 0.29) is 18.4 Å². The number of amides is 2. The van der Waals surface area contributed by atoms with Crippen LogP contribution in [-0.2, 0) is 9.59 Å². The highest BCUT2D eigenvalue weighted by molar-refractivity contribution is 5.84. The van der Waals surface area contributed by atoms with Crippen molar-refractivity contribution < 1.29 is 9.59 Å². The van der Waals surface area contributed by atoms with Crippen LogP contribution >= 0.6 is 0 Å². The lowest BCUT2D eigenvalue weighted by atomic mass is 10.3. The van der Waals surface area contributed by atoms with E-state index < -0.39 is 0 Å². The Morgan fingerprint density at radius 3 is 2.29 bits per heavy atom. The minimum Gasteiger partial charge on any atom is -0.355 e. The molecule has 0 spiro atoms. The van der Waals surface area contributed by atoms with Gasteiger partial charge in [-0.15, -0.1) is 0 Å². The van der Waals surface area contributed by atoms with Crippen molar-refractivity contribution >= 4 is 11.8 Å². The second-order valence-electron chi connectivity index (χ2n) is 3.23. The molecule has 0 fully saturated rings. The number of rotatable bonds is 7. The van der Waals surface area contributed by atoms with Gasteiger partial charge < -0.3 is 10.6 Å². The van der Waals surface area contributed by atoms with Crippen LogP contribution in [0.15, 0.2) is 0 Å². The van der Waals surface area contributed by atoms with Crippen molar-refractivity contribution in [2.24, 2.45) is 0 Å². The Morgan fingerprint density at radius 1 is 1.00 bits per heavy atom. The molecule has 0 atom stereocenters. The van der Waals surface area contributed by atoms with Crippen LogP contribution in [-0.4, -0.2) is 24.9 Å². The third-order valence-corrected chi connectivity index (χ3v) is 1.78. The minimum atomic E-state index is -0.108. The van der Waals surface area contributed by atoms with E-state index in [1.165, 1.54) is 0 Å². The van der Waals surface area contributed by atoms with Crippen molar-refractivity contribution in [3.8, 4) is 0 Å². The van der Waals surface area contributed by atoms with Gasteiger partial charge in [0.15, 0.2) is 0 Å². The van der Waals surface area contributed by atoms with Gasteiger partial charge in [-0.05, 0) is 12.8 Å². The van der Waals surface area contributed by atoms with E-state index in [1.54, 1.807) is 0 Å². The van der Waals surface area contributed by atoms with Gasteiger partial charge in [0.1, 0.15) is 0 Å². The summed E-state index contributed by atoms with van der Waals surface area (Å²) in [6, 6.07) is 0. The monoisotopic (exact) mass is 200 g/mol. The predicted molar refractivity (Wildman–Crippen MR) is 55.8 cm³/mol. The molecule has 0 heterocycles. The summed E-state index contributed by atoms with van der Waals surface area (Å²) in [6.45, 7) is 4.79. The zero-order valence-electron chi connectivity index (χ0n) is 9.06. The smallest absolute Gasteiger partial charge is 0.239 e. The zero-order chi connectivity index (χ0) is 10.8. The summed E-state index contributed by atoms with van der Waals surface area (Å²) in [5.74, 6) is -0.166. The quantitative estimate of drug-likeness (QED) is 0.598. The molecular formula is C10H20N2O2. The Bertz CT molecular complexity index is 181. The van der Waals surface area contributed by atoms with Crippen LogP contribution in [0.3, 0.4) is 0 Å². The van der Waals surface area contributed by atoms with Gasteiger partial charge >= 0.3 is 0 Å². The van der Waals surface area contributed by atoms with Gasteiger partial charge in [-0.3, -0.25) is 9.59 Å². The summed E-state index contributed by atoms with van der Waals surface area (Å²) in [6.07, 6.45) is 3.34.